The van der Waals surface area contributed by atoms with E-state index in [1.165, 1.54) is 6.07 Å². The summed E-state index contributed by atoms with van der Waals surface area (Å²) in [5.41, 5.74) is 6.86. The first-order chi connectivity index (χ1) is 7.65. The molecular weight excluding hydrogens is 203 g/mol. The molecule has 3 unspecified atom stereocenters. The fourth-order valence-electron chi connectivity index (χ4n) is 2.39. The minimum Gasteiger partial charge on any atom is -0.328 e. The van der Waals surface area contributed by atoms with E-state index < -0.39 is 0 Å². The highest BCUT2D eigenvalue weighted by molar-refractivity contribution is 5.19. The number of nitrogens with one attached hydrogen (secondary N) is 1. The quantitative estimate of drug-likeness (QED) is 0.824. The van der Waals surface area contributed by atoms with Crippen molar-refractivity contribution in [2.45, 2.75) is 44.3 Å². The van der Waals surface area contributed by atoms with Crippen molar-refractivity contribution in [3.63, 3.8) is 0 Å². The Balaban J connectivity index is 1.95. The standard InChI is InChI=1S/C13H19FN2/c1-9(10-3-2-4-11(14)7-10)16-13-6-5-12(15)8-13/h2-4,7,9,12-13,16H,5-6,8,15H2,1H3. The maximum Gasteiger partial charge on any atom is 0.123 e. The molecule has 0 radical (unpaired) electrons. The van der Waals surface area contributed by atoms with Crippen LogP contribution in [0.15, 0.2) is 24.3 Å². The molecule has 0 aromatic heterocycles. The summed E-state index contributed by atoms with van der Waals surface area (Å²) in [6, 6.07) is 7.77. The summed E-state index contributed by atoms with van der Waals surface area (Å²) in [6.07, 6.45) is 3.24. The van der Waals surface area contributed by atoms with E-state index in [0.717, 1.165) is 24.8 Å². The molecule has 88 valence electrons. The Hall–Kier alpha value is -0.930. The Morgan fingerprint density at radius 3 is 2.88 bits per heavy atom. The minimum atomic E-state index is -0.172. The molecule has 1 aromatic rings. The summed E-state index contributed by atoms with van der Waals surface area (Å²) in [4.78, 5) is 0. The number of rotatable bonds is 3. The van der Waals surface area contributed by atoms with Crippen LogP contribution in [-0.2, 0) is 0 Å². The first-order valence-corrected chi connectivity index (χ1v) is 5.92. The van der Waals surface area contributed by atoms with E-state index in [0.29, 0.717) is 12.1 Å². The first kappa shape index (κ1) is 11.6. The molecule has 2 rings (SSSR count). The summed E-state index contributed by atoms with van der Waals surface area (Å²) in [6.45, 7) is 2.07. The van der Waals surface area contributed by atoms with E-state index in [9.17, 15) is 4.39 Å². The Morgan fingerprint density at radius 1 is 1.44 bits per heavy atom. The van der Waals surface area contributed by atoms with Crippen LogP contribution in [0.4, 0.5) is 4.39 Å². The summed E-state index contributed by atoms with van der Waals surface area (Å²) in [5.74, 6) is -0.172. The number of nitrogens with two attached hydrogens (primary N) is 1. The van der Waals surface area contributed by atoms with E-state index in [4.69, 9.17) is 5.73 Å². The van der Waals surface area contributed by atoms with Crippen molar-refractivity contribution in [2.24, 2.45) is 5.73 Å². The van der Waals surface area contributed by atoms with Crippen molar-refractivity contribution in [1.82, 2.24) is 5.32 Å². The number of benzene rings is 1. The van der Waals surface area contributed by atoms with Gasteiger partial charge in [0.1, 0.15) is 5.82 Å². The Kier molecular flexibility index (Phi) is 3.56. The molecule has 0 aliphatic heterocycles. The van der Waals surface area contributed by atoms with E-state index >= 15 is 0 Å². The van der Waals surface area contributed by atoms with Gasteiger partial charge in [-0.05, 0) is 43.9 Å². The van der Waals surface area contributed by atoms with Gasteiger partial charge in [-0.1, -0.05) is 12.1 Å². The molecule has 0 spiro atoms. The molecule has 0 saturated heterocycles. The number of halogens is 1. The SMILES string of the molecule is CC(NC1CCC(N)C1)c1cccc(F)c1. The molecule has 1 aliphatic carbocycles. The molecule has 3 N–H and O–H groups in total. The highest BCUT2D eigenvalue weighted by atomic mass is 19.1. The van der Waals surface area contributed by atoms with Crippen LogP contribution in [0.25, 0.3) is 0 Å². The monoisotopic (exact) mass is 222 g/mol. The predicted molar refractivity (Wildman–Crippen MR) is 63.6 cm³/mol. The van der Waals surface area contributed by atoms with Crippen LogP contribution in [-0.4, -0.2) is 12.1 Å². The molecule has 0 bridgehead atoms. The van der Waals surface area contributed by atoms with Crippen LogP contribution >= 0.6 is 0 Å². The zero-order valence-electron chi connectivity index (χ0n) is 9.62. The molecular formula is C13H19FN2. The third-order valence-electron chi connectivity index (χ3n) is 3.31. The molecule has 1 aliphatic rings. The Morgan fingerprint density at radius 2 is 2.25 bits per heavy atom. The minimum absolute atomic E-state index is 0.172. The lowest BCUT2D eigenvalue weighted by Crippen LogP contribution is -2.30. The molecule has 0 amide bonds. The molecule has 3 atom stereocenters. The van der Waals surface area contributed by atoms with Crippen LogP contribution in [0.1, 0.15) is 37.8 Å². The summed E-state index contributed by atoms with van der Waals surface area (Å²) < 4.78 is 13.1. The van der Waals surface area contributed by atoms with Gasteiger partial charge in [-0.3, -0.25) is 0 Å². The van der Waals surface area contributed by atoms with Crippen LogP contribution in [0, 0.1) is 5.82 Å². The van der Waals surface area contributed by atoms with Crippen LogP contribution in [0.3, 0.4) is 0 Å². The van der Waals surface area contributed by atoms with Gasteiger partial charge < -0.3 is 11.1 Å². The van der Waals surface area contributed by atoms with Crippen molar-refractivity contribution < 1.29 is 4.39 Å². The Bertz CT molecular complexity index is 354. The number of hydrogen-bond acceptors (Lipinski definition) is 2. The lowest BCUT2D eigenvalue weighted by Gasteiger charge is -2.19. The van der Waals surface area contributed by atoms with E-state index in [1.807, 2.05) is 6.07 Å². The largest absolute Gasteiger partial charge is 0.328 e. The van der Waals surface area contributed by atoms with E-state index in [-0.39, 0.29) is 11.9 Å². The fraction of sp³-hybridized carbons (Fsp3) is 0.538. The summed E-state index contributed by atoms with van der Waals surface area (Å²) in [7, 11) is 0. The smallest absolute Gasteiger partial charge is 0.123 e. The topological polar surface area (TPSA) is 38.0 Å². The van der Waals surface area contributed by atoms with Crippen molar-refractivity contribution >= 4 is 0 Å². The predicted octanol–water partition coefficient (Wildman–Crippen LogP) is 2.36. The second-order valence-corrected chi connectivity index (χ2v) is 4.71. The summed E-state index contributed by atoms with van der Waals surface area (Å²) in [5, 5.41) is 3.51. The lowest BCUT2D eigenvalue weighted by molar-refractivity contribution is 0.455. The lowest BCUT2D eigenvalue weighted by atomic mass is 10.1. The first-order valence-electron chi connectivity index (χ1n) is 5.92. The van der Waals surface area contributed by atoms with Crippen molar-refractivity contribution in [1.29, 1.82) is 0 Å². The van der Waals surface area contributed by atoms with Gasteiger partial charge in [0.15, 0.2) is 0 Å². The van der Waals surface area contributed by atoms with Gasteiger partial charge in [0.2, 0.25) is 0 Å². The highest BCUT2D eigenvalue weighted by Crippen LogP contribution is 2.21. The van der Waals surface area contributed by atoms with Gasteiger partial charge in [0.05, 0.1) is 0 Å². The third-order valence-corrected chi connectivity index (χ3v) is 3.31. The van der Waals surface area contributed by atoms with E-state index in [1.54, 1.807) is 12.1 Å². The van der Waals surface area contributed by atoms with Gasteiger partial charge in [0.25, 0.3) is 0 Å². The maximum atomic E-state index is 13.1. The van der Waals surface area contributed by atoms with Gasteiger partial charge >= 0.3 is 0 Å². The molecule has 1 fully saturated rings. The van der Waals surface area contributed by atoms with Crippen LogP contribution in [0.2, 0.25) is 0 Å². The van der Waals surface area contributed by atoms with E-state index in [2.05, 4.69) is 12.2 Å². The molecule has 0 heterocycles. The Labute approximate surface area is 96.0 Å². The van der Waals surface area contributed by atoms with Gasteiger partial charge in [0, 0.05) is 18.1 Å². The van der Waals surface area contributed by atoms with Gasteiger partial charge in [-0.2, -0.15) is 0 Å². The van der Waals surface area contributed by atoms with Gasteiger partial charge in [-0.15, -0.1) is 0 Å². The zero-order valence-corrected chi connectivity index (χ0v) is 9.62. The van der Waals surface area contributed by atoms with Crippen molar-refractivity contribution in [3.8, 4) is 0 Å². The second kappa shape index (κ2) is 4.93. The normalized spacial score (nSPS) is 26.9. The van der Waals surface area contributed by atoms with Gasteiger partial charge in [-0.25, -0.2) is 4.39 Å². The average molecular weight is 222 g/mol. The molecule has 16 heavy (non-hydrogen) atoms. The van der Waals surface area contributed by atoms with Crippen molar-refractivity contribution in [3.05, 3.63) is 35.6 Å². The van der Waals surface area contributed by atoms with Crippen molar-refractivity contribution in [2.75, 3.05) is 0 Å². The zero-order chi connectivity index (χ0) is 11.5. The van der Waals surface area contributed by atoms with Crippen LogP contribution in [0.5, 0.6) is 0 Å². The second-order valence-electron chi connectivity index (χ2n) is 4.71. The maximum absolute atomic E-state index is 13.1. The average Bonchev–Trinajstić information content (AvgIpc) is 2.64. The number of hydrogen-bond donors (Lipinski definition) is 2. The third kappa shape index (κ3) is 2.80. The molecule has 2 nitrogen and oxygen atoms in total. The molecule has 1 aromatic carbocycles. The highest BCUT2D eigenvalue weighted by Gasteiger charge is 2.23. The van der Waals surface area contributed by atoms with Crippen LogP contribution < -0.4 is 11.1 Å². The summed E-state index contributed by atoms with van der Waals surface area (Å²) >= 11 is 0. The fourth-order valence-corrected chi connectivity index (χ4v) is 2.39. The molecule has 1 saturated carbocycles. The molecule has 3 heteroatoms.